The van der Waals surface area contributed by atoms with E-state index in [1.165, 1.54) is 0 Å². The van der Waals surface area contributed by atoms with Crippen LogP contribution in [0, 0.1) is 0 Å². The van der Waals surface area contributed by atoms with Gasteiger partial charge in [-0.25, -0.2) is 0 Å². The fourth-order valence-corrected chi connectivity index (χ4v) is 2.82. The standard InChI is InChI=1S/C16H16BrCl2N/c1-2-9-20-16(11-3-6-13(18)7-4-11)14-10-12(17)5-8-15(14)19/h3-8,10,16,20H,2,9H2,1H3. The maximum atomic E-state index is 6.36. The Bertz CT molecular complexity index is 569. The van der Waals surface area contributed by atoms with Crippen LogP contribution in [0.25, 0.3) is 0 Å². The van der Waals surface area contributed by atoms with Gasteiger partial charge in [-0.15, -0.1) is 0 Å². The second-order valence-corrected chi connectivity index (χ2v) is 6.36. The van der Waals surface area contributed by atoms with E-state index in [1.807, 2.05) is 36.4 Å². The van der Waals surface area contributed by atoms with Crippen molar-refractivity contribution in [2.45, 2.75) is 19.4 Å². The molecule has 0 bridgehead atoms. The molecule has 0 saturated heterocycles. The zero-order valence-electron chi connectivity index (χ0n) is 11.2. The highest BCUT2D eigenvalue weighted by Gasteiger charge is 2.16. The minimum absolute atomic E-state index is 0.0669. The van der Waals surface area contributed by atoms with Crippen molar-refractivity contribution >= 4 is 39.1 Å². The molecular formula is C16H16BrCl2N. The molecule has 0 aliphatic carbocycles. The van der Waals surface area contributed by atoms with Crippen LogP contribution in [-0.2, 0) is 0 Å². The minimum Gasteiger partial charge on any atom is -0.306 e. The first kappa shape index (κ1) is 15.8. The minimum atomic E-state index is 0.0669. The van der Waals surface area contributed by atoms with E-state index in [4.69, 9.17) is 23.2 Å². The highest BCUT2D eigenvalue weighted by atomic mass is 79.9. The molecule has 0 saturated carbocycles. The summed E-state index contributed by atoms with van der Waals surface area (Å²) in [6.07, 6.45) is 1.07. The Kier molecular flexibility index (Phi) is 5.91. The molecule has 1 N–H and O–H groups in total. The quantitative estimate of drug-likeness (QED) is 0.694. The van der Waals surface area contributed by atoms with E-state index in [0.29, 0.717) is 0 Å². The van der Waals surface area contributed by atoms with Gasteiger partial charge in [-0.1, -0.05) is 58.2 Å². The molecule has 0 radical (unpaired) electrons. The summed E-state index contributed by atoms with van der Waals surface area (Å²) in [6, 6.07) is 13.9. The predicted molar refractivity (Wildman–Crippen MR) is 90.7 cm³/mol. The highest BCUT2D eigenvalue weighted by molar-refractivity contribution is 9.10. The molecule has 1 nitrogen and oxygen atoms in total. The van der Waals surface area contributed by atoms with Gasteiger partial charge in [0.05, 0.1) is 6.04 Å². The lowest BCUT2D eigenvalue weighted by molar-refractivity contribution is 0.598. The molecule has 4 heteroatoms. The molecule has 2 rings (SSSR count). The molecule has 1 atom stereocenters. The summed E-state index contributed by atoms with van der Waals surface area (Å²) in [5.41, 5.74) is 2.22. The van der Waals surface area contributed by atoms with Crippen LogP contribution in [0.4, 0.5) is 0 Å². The van der Waals surface area contributed by atoms with Gasteiger partial charge in [0.1, 0.15) is 0 Å². The summed E-state index contributed by atoms with van der Waals surface area (Å²) in [4.78, 5) is 0. The van der Waals surface area contributed by atoms with Gasteiger partial charge in [-0.05, 0) is 54.4 Å². The molecule has 2 aromatic carbocycles. The summed E-state index contributed by atoms with van der Waals surface area (Å²) in [7, 11) is 0. The number of hydrogen-bond acceptors (Lipinski definition) is 1. The van der Waals surface area contributed by atoms with E-state index >= 15 is 0 Å². The van der Waals surface area contributed by atoms with E-state index in [1.54, 1.807) is 0 Å². The summed E-state index contributed by atoms with van der Waals surface area (Å²) < 4.78 is 1.02. The smallest absolute Gasteiger partial charge is 0.0591 e. The van der Waals surface area contributed by atoms with Crippen molar-refractivity contribution in [3.63, 3.8) is 0 Å². The third-order valence-electron chi connectivity index (χ3n) is 3.07. The van der Waals surface area contributed by atoms with Crippen molar-refractivity contribution in [1.82, 2.24) is 5.32 Å². The van der Waals surface area contributed by atoms with Gasteiger partial charge in [0.2, 0.25) is 0 Å². The van der Waals surface area contributed by atoms with Crippen LogP contribution < -0.4 is 5.32 Å². The van der Waals surface area contributed by atoms with Crippen LogP contribution in [-0.4, -0.2) is 6.54 Å². The first-order valence-corrected chi connectivity index (χ1v) is 8.10. The SMILES string of the molecule is CCCNC(c1ccc(Cl)cc1)c1cc(Br)ccc1Cl. The second-order valence-electron chi connectivity index (χ2n) is 4.60. The van der Waals surface area contributed by atoms with Gasteiger partial charge < -0.3 is 5.32 Å². The Balaban J connectivity index is 2.41. The average molecular weight is 373 g/mol. The van der Waals surface area contributed by atoms with Gasteiger partial charge in [0, 0.05) is 14.5 Å². The van der Waals surface area contributed by atoms with Crippen LogP contribution >= 0.6 is 39.1 Å². The molecule has 0 fully saturated rings. The van der Waals surface area contributed by atoms with Gasteiger partial charge >= 0.3 is 0 Å². The summed E-state index contributed by atoms with van der Waals surface area (Å²) >= 11 is 15.8. The average Bonchev–Trinajstić information content (AvgIpc) is 2.44. The topological polar surface area (TPSA) is 12.0 Å². The first-order chi connectivity index (χ1) is 9.61. The van der Waals surface area contributed by atoms with Crippen molar-refractivity contribution in [2.24, 2.45) is 0 Å². The van der Waals surface area contributed by atoms with E-state index in [0.717, 1.165) is 38.6 Å². The molecule has 0 aliphatic rings. The number of rotatable bonds is 5. The zero-order valence-corrected chi connectivity index (χ0v) is 14.3. The number of nitrogens with one attached hydrogen (secondary N) is 1. The molecule has 0 amide bonds. The van der Waals surface area contributed by atoms with E-state index in [2.05, 4.69) is 34.2 Å². The van der Waals surface area contributed by atoms with Crippen molar-refractivity contribution in [3.05, 3.63) is 68.1 Å². The molecule has 0 aromatic heterocycles. The van der Waals surface area contributed by atoms with Crippen molar-refractivity contribution in [3.8, 4) is 0 Å². The predicted octanol–water partition coefficient (Wildman–Crippen LogP) is 5.84. The van der Waals surface area contributed by atoms with Gasteiger partial charge in [-0.3, -0.25) is 0 Å². The zero-order chi connectivity index (χ0) is 14.5. The van der Waals surface area contributed by atoms with Crippen molar-refractivity contribution in [2.75, 3.05) is 6.54 Å². The van der Waals surface area contributed by atoms with Crippen LogP contribution in [0.2, 0.25) is 10.0 Å². The number of halogens is 3. The molecule has 2 aromatic rings. The molecule has 0 aliphatic heterocycles. The molecular weight excluding hydrogens is 357 g/mol. The van der Waals surface area contributed by atoms with Crippen LogP contribution in [0.5, 0.6) is 0 Å². The van der Waals surface area contributed by atoms with Crippen LogP contribution in [0.1, 0.15) is 30.5 Å². The third-order valence-corrected chi connectivity index (χ3v) is 4.16. The molecule has 20 heavy (non-hydrogen) atoms. The fraction of sp³-hybridized carbons (Fsp3) is 0.250. The van der Waals surface area contributed by atoms with E-state index in [9.17, 15) is 0 Å². The Hall–Kier alpha value is -0.540. The maximum absolute atomic E-state index is 6.36. The van der Waals surface area contributed by atoms with Crippen LogP contribution in [0.15, 0.2) is 46.9 Å². The Labute approximate surface area is 138 Å². The monoisotopic (exact) mass is 371 g/mol. The maximum Gasteiger partial charge on any atom is 0.0591 e. The van der Waals surface area contributed by atoms with Crippen LogP contribution in [0.3, 0.4) is 0 Å². The Morgan fingerprint density at radius 2 is 1.80 bits per heavy atom. The lowest BCUT2D eigenvalue weighted by Gasteiger charge is -2.21. The van der Waals surface area contributed by atoms with Crippen molar-refractivity contribution < 1.29 is 0 Å². The molecule has 0 heterocycles. The van der Waals surface area contributed by atoms with Gasteiger partial charge in [0.25, 0.3) is 0 Å². The number of benzene rings is 2. The lowest BCUT2D eigenvalue weighted by atomic mass is 9.98. The lowest BCUT2D eigenvalue weighted by Crippen LogP contribution is -2.23. The molecule has 0 spiro atoms. The largest absolute Gasteiger partial charge is 0.306 e. The summed E-state index contributed by atoms with van der Waals surface area (Å²) in [5, 5.41) is 5.04. The van der Waals surface area contributed by atoms with Gasteiger partial charge in [0.15, 0.2) is 0 Å². The molecule has 106 valence electrons. The van der Waals surface area contributed by atoms with E-state index < -0.39 is 0 Å². The van der Waals surface area contributed by atoms with E-state index in [-0.39, 0.29) is 6.04 Å². The first-order valence-electron chi connectivity index (χ1n) is 6.55. The fourth-order valence-electron chi connectivity index (χ4n) is 2.09. The normalized spacial score (nSPS) is 12.4. The molecule has 1 unspecified atom stereocenters. The summed E-state index contributed by atoms with van der Waals surface area (Å²) in [6.45, 7) is 3.07. The Morgan fingerprint density at radius 1 is 1.10 bits per heavy atom. The number of hydrogen-bond donors (Lipinski definition) is 1. The Morgan fingerprint density at radius 3 is 2.45 bits per heavy atom. The third kappa shape index (κ3) is 3.98. The second kappa shape index (κ2) is 7.46. The highest BCUT2D eigenvalue weighted by Crippen LogP contribution is 2.31. The van der Waals surface area contributed by atoms with Crippen molar-refractivity contribution in [1.29, 1.82) is 0 Å². The summed E-state index contributed by atoms with van der Waals surface area (Å²) in [5.74, 6) is 0. The van der Waals surface area contributed by atoms with Gasteiger partial charge in [-0.2, -0.15) is 0 Å².